The van der Waals surface area contributed by atoms with Crippen molar-refractivity contribution >= 4 is 22.4 Å². The number of hydrogen-bond donors (Lipinski definition) is 2. The van der Waals surface area contributed by atoms with Crippen LogP contribution >= 0.6 is 11.3 Å². The van der Waals surface area contributed by atoms with E-state index in [4.69, 9.17) is 0 Å². The molecule has 0 radical (unpaired) electrons. The fourth-order valence-corrected chi connectivity index (χ4v) is 4.12. The summed E-state index contributed by atoms with van der Waals surface area (Å²) in [6, 6.07) is 7.24. The molecular formula is C20H22FN5OS. The van der Waals surface area contributed by atoms with Gasteiger partial charge in [0.05, 0.1) is 6.04 Å². The minimum Gasteiger partial charge on any atom is -0.315 e. The van der Waals surface area contributed by atoms with Gasteiger partial charge in [0.25, 0.3) is 5.91 Å². The highest BCUT2D eigenvalue weighted by Gasteiger charge is 2.18. The lowest BCUT2D eigenvalue weighted by molar-refractivity contribution is 0.102. The first-order valence-electron chi connectivity index (χ1n) is 9.35. The van der Waals surface area contributed by atoms with Gasteiger partial charge in [-0.1, -0.05) is 12.1 Å². The molecule has 1 atom stereocenters. The molecule has 28 heavy (non-hydrogen) atoms. The van der Waals surface area contributed by atoms with E-state index >= 15 is 0 Å². The number of thiazole rings is 1. The lowest BCUT2D eigenvalue weighted by Gasteiger charge is -2.22. The third kappa shape index (κ3) is 4.28. The van der Waals surface area contributed by atoms with Crippen molar-refractivity contribution in [2.24, 2.45) is 0 Å². The highest BCUT2D eigenvalue weighted by atomic mass is 32.1. The molecule has 0 aliphatic carbocycles. The normalized spacial score (nSPS) is 16.9. The van der Waals surface area contributed by atoms with Crippen molar-refractivity contribution < 1.29 is 9.18 Å². The molecule has 1 saturated heterocycles. The van der Waals surface area contributed by atoms with Crippen molar-refractivity contribution in [3.63, 3.8) is 0 Å². The Morgan fingerprint density at radius 2 is 2.32 bits per heavy atom. The van der Waals surface area contributed by atoms with Gasteiger partial charge >= 0.3 is 0 Å². The topological polar surface area (TPSA) is 71.8 Å². The molecule has 1 unspecified atom stereocenters. The number of nitrogens with one attached hydrogen (secondary N) is 2. The number of anilines is 1. The Balaban J connectivity index is 1.38. The van der Waals surface area contributed by atoms with Gasteiger partial charge in [-0.05, 0) is 49.6 Å². The van der Waals surface area contributed by atoms with Gasteiger partial charge in [-0.15, -0.1) is 11.3 Å². The monoisotopic (exact) mass is 399 g/mol. The summed E-state index contributed by atoms with van der Waals surface area (Å²) in [5.74, 6) is -0.482. The highest BCUT2D eigenvalue weighted by molar-refractivity contribution is 7.15. The third-order valence-corrected chi connectivity index (χ3v) is 5.79. The molecule has 1 fully saturated rings. The maximum Gasteiger partial charge on any atom is 0.277 e. The Hall–Kier alpha value is -2.58. The minimum absolute atomic E-state index is 0.209. The van der Waals surface area contributed by atoms with Crippen molar-refractivity contribution in [2.75, 3.05) is 18.4 Å². The molecule has 1 aliphatic heterocycles. The quantitative estimate of drug-likeness (QED) is 0.688. The Kier molecular flexibility index (Phi) is 5.50. The first-order valence-corrected chi connectivity index (χ1v) is 10.2. The minimum atomic E-state index is -0.273. The second kappa shape index (κ2) is 8.20. The number of nitrogens with zero attached hydrogens (tertiary/aromatic N) is 3. The molecule has 146 valence electrons. The molecule has 0 bridgehead atoms. The second-order valence-electron chi connectivity index (χ2n) is 7.03. The Morgan fingerprint density at radius 1 is 1.43 bits per heavy atom. The summed E-state index contributed by atoms with van der Waals surface area (Å²) in [6.45, 7) is 3.65. The van der Waals surface area contributed by atoms with Crippen LogP contribution in [0.4, 0.5) is 9.52 Å². The summed E-state index contributed by atoms with van der Waals surface area (Å²) >= 11 is 1.39. The van der Waals surface area contributed by atoms with Crippen LogP contribution in [-0.4, -0.2) is 33.8 Å². The molecule has 0 saturated carbocycles. The molecule has 3 heterocycles. The van der Waals surface area contributed by atoms with E-state index in [1.807, 2.05) is 16.9 Å². The summed E-state index contributed by atoms with van der Waals surface area (Å²) in [7, 11) is 0. The van der Waals surface area contributed by atoms with Crippen molar-refractivity contribution in [1.29, 1.82) is 0 Å². The van der Waals surface area contributed by atoms with Gasteiger partial charge in [-0.3, -0.25) is 14.8 Å². The molecule has 2 N–H and O–H groups in total. The number of halogens is 1. The van der Waals surface area contributed by atoms with Crippen LogP contribution in [0, 0.1) is 12.7 Å². The summed E-state index contributed by atoms with van der Waals surface area (Å²) in [5.41, 5.74) is 1.89. The zero-order valence-electron chi connectivity index (χ0n) is 15.6. The molecule has 0 spiro atoms. The van der Waals surface area contributed by atoms with Crippen molar-refractivity contribution in [3.05, 3.63) is 64.2 Å². The average molecular weight is 399 g/mol. The lowest BCUT2D eigenvalue weighted by Crippen LogP contribution is -2.32. The fraction of sp³-hybridized carbons (Fsp3) is 0.350. The number of benzene rings is 1. The number of piperidine rings is 1. The van der Waals surface area contributed by atoms with Gasteiger partial charge in [-0.25, -0.2) is 9.37 Å². The van der Waals surface area contributed by atoms with Crippen LogP contribution in [0.3, 0.4) is 0 Å². The van der Waals surface area contributed by atoms with Crippen molar-refractivity contribution in [2.45, 2.75) is 32.2 Å². The van der Waals surface area contributed by atoms with Crippen LogP contribution in [0.15, 0.2) is 36.7 Å². The number of aryl methyl sites for hydroxylation is 1. The van der Waals surface area contributed by atoms with Crippen LogP contribution in [0.5, 0.6) is 0 Å². The van der Waals surface area contributed by atoms with Crippen molar-refractivity contribution in [1.82, 2.24) is 20.1 Å². The standard InChI is InChI=1S/C20H22FN5OS/c1-13-4-5-14(10-17(13)21)9-16-12-23-20(28-16)24-19(27)18-6-8-26(25-18)15-3-2-7-22-11-15/h4-6,8,10,12,15,22H,2-3,7,9,11H2,1H3,(H,23,24,27). The van der Waals surface area contributed by atoms with Crippen molar-refractivity contribution in [3.8, 4) is 0 Å². The molecule has 1 amide bonds. The maximum atomic E-state index is 13.7. The molecule has 4 rings (SSSR count). The third-order valence-electron chi connectivity index (χ3n) is 4.87. The summed E-state index contributed by atoms with van der Waals surface area (Å²) in [6.07, 6.45) is 6.31. The van der Waals surface area contributed by atoms with E-state index in [0.29, 0.717) is 22.8 Å². The average Bonchev–Trinajstić information content (AvgIpc) is 3.35. The van der Waals surface area contributed by atoms with Gasteiger partial charge < -0.3 is 5.32 Å². The van der Waals surface area contributed by atoms with E-state index < -0.39 is 0 Å². The largest absolute Gasteiger partial charge is 0.315 e. The number of hydrogen-bond acceptors (Lipinski definition) is 5. The van der Waals surface area contributed by atoms with Gasteiger partial charge in [0, 0.05) is 30.2 Å². The number of carbonyl (C=O) groups excluding carboxylic acids is 1. The smallest absolute Gasteiger partial charge is 0.277 e. The second-order valence-corrected chi connectivity index (χ2v) is 8.14. The number of aromatic nitrogens is 3. The van der Waals surface area contributed by atoms with Crippen LogP contribution in [0.1, 0.15) is 45.4 Å². The van der Waals surface area contributed by atoms with E-state index in [0.717, 1.165) is 36.4 Å². The zero-order valence-corrected chi connectivity index (χ0v) is 16.4. The highest BCUT2D eigenvalue weighted by Crippen LogP contribution is 2.23. The molecular weight excluding hydrogens is 377 g/mol. The van der Waals surface area contributed by atoms with Crippen LogP contribution < -0.4 is 10.6 Å². The fourth-order valence-electron chi connectivity index (χ4n) is 3.28. The first-order chi connectivity index (χ1) is 13.6. The first kappa shape index (κ1) is 18.8. The Bertz CT molecular complexity index is 977. The zero-order chi connectivity index (χ0) is 19.5. The van der Waals surface area contributed by atoms with Crippen LogP contribution in [-0.2, 0) is 6.42 Å². The summed E-state index contributed by atoms with van der Waals surface area (Å²) in [4.78, 5) is 17.7. The van der Waals surface area contributed by atoms with E-state index in [1.54, 1.807) is 31.3 Å². The molecule has 1 aromatic carbocycles. The van der Waals surface area contributed by atoms with Gasteiger partial charge in [0.2, 0.25) is 0 Å². The van der Waals surface area contributed by atoms with Gasteiger partial charge in [0.15, 0.2) is 10.8 Å². The predicted molar refractivity (Wildman–Crippen MR) is 107 cm³/mol. The SMILES string of the molecule is Cc1ccc(Cc2cnc(NC(=O)c3ccn(C4CCCNC4)n3)s2)cc1F. The van der Waals surface area contributed by atoms with Gasteiger partial charge in [-0.2, -0.15) is 5.10 Å². The van der Waals surface area contributed by atoms with Crippen LogP contribution in [0.25, 0.3) is 0 Å². The molecule has 2 aromatic heterocycles. The number of rotatable bonds is 5. The molecule has 8 heteroatoms. The Morgan fingerprint density at radius 3 is 3.11 bits per heavy atom. The molecule has 3 aromatic rings. The maximum absolute atomic E-state index is 13.7. The molecule has 6 nitrogen and oxygen atoms in total. The predicted octanol–water partition coefficient (Wildman–Crippen LogP) is 3.55. The lowest BCUT2D eigenvalue weighted by atomic mass is 10.1. The Labute approximate surface area is 166 Å². The number of amides is 1. The number of carbonyl (C=O) groups is 1. The van der Waals surface area contributed by atoms with E-state index in [-0.39, 0.29) is 17.8 Å². The van der Waals surface area contributed by atoms with E-state index in [9.17, 15) is 9.18 Å². The summed E-state index contributed by atoms with van der Waals surface area (Å²) < 4.78 is 15.6. The molecule has 1 aliphatic rings. The van der Waals surface area contributed by atoms with Crippen LogP contribution in [0.2, 0.25) is 0 Å². The van der Waals surface area contributed by atoms with Gasteiger partial charge in [0.1, 0.15) is 5.82 Å². The summed E-state index contributed by atoms with van der Waals surface area (Å²) in [5, 5.41) is 11.1. The van der Waals surface area contributed by atoms with E-state index in [1.165, 1.54) is 11.3 Å². The van der Waals surface area contributed by atoms with E-state index in [2.05, 4.69) is 20.7 Å².